The van der Waals surface area contributed by atoms with Crippen LogP contribution in [0.15, 0.2) is 24.3 Å². The Hall–Kier alpha value is -1.43. The Morgan fingerprint density at radius 1 is 1.33 bits per heavy atom. The number of carboxylic acids is 1. The zero-order valence-corrected chi connectivity index (χ0v) is 12.3. The standard InChI is InChI=1S/C16H23NO4/c1-12(15(18)19)14-4-2-13(3-5-14)10-17-11-16(20)6-8-21-9-7-16/h2-5,12,17,20H,6-11H2,1H3,(H,18,19). The summed E-state index contributed by atoms with van der Waals surface area (Å²) in [6, 6.07) is 7.55. The number of hydrogen-bond acceptors (Lipinski definition) is 4. The second kappa shape index (κ2) is 7.02. The van der Waals surface area contributed by atoms with E-state index in [9.17, 15) is 9.90 Å². The lowest BCUT2D eigenvalue weighted by molar-refractivity contribution is -0.138. The fourth-order valence-corrected chi connectivity index (χ4v) is 2.43. The maximum atomic E-state index is 10.9. The summed E-state index contributed by atoms with van der Waals surface area (Å²) in [6.07, 6.45) is 1.32. The SMILES string of the molecule is CC(C(=O)O)c1ccc(CNCC2(O)CCOCC2)cc1. The Kier molecular flexibility index (Phi) is 5.33. The highest BCUT2D eigenvalue weighted by Crippen LogP contribution is 2.20. The zero-order chi connectivity index (χ0) is 15.3. The quantitative estimate of drug-likeness (QED) is 0.741. The van der Waals surface area contributed by atoms with Crippen LogP contribution in [0, 0.1) is 0 Å². The van der Waals surface area contributed by atoms with Crippen LogP contribution in [0.3, 0.4) is 0 Å². The van der Waals surface area contributed by atoms with Crippen LogP contribution in [0.2, 0.25) is 0 Å². The molecule has 21 heavy (non-hydrogen) atoms. The Morgan fingerprint density at radius 3 is 2.52 bits per heavy atom. The molecular weight excluding hydrogens is 270 g/mol. The fraction of sp³-hybridized carbons (Fsp3) is 0.562. The van der Waals surface area contributed by atoms with E-state index in [2.05, 4.69) is 5.32 Å². The number of nitrogens with one attached hydrogen (secondary N) is 1. The van der Waals surface area contributed by atoms with Gasteiger partial charge in [0.15, 0.2) is 0 Å². The van der Waals surface area contributed by atoms with Gasteiger partial charge in [-0.05, 0) is 18.1 Å². The van der Waals surface area contributed by atoms with E-state index in [1.165, 1.54) is 0 Å². The lowest BCUT2D eigenvalue weighted by atomic mass is 9.94. The molecule has 0 spiro atoms. The first-order valence-corrected chi connectivity index (χ1v) is 7.33. The van der Waals surface area contributed by atoms with Gasteiger partial charge in [0, 0.05) is 39.1 Å². The van der Waals surface area contributed by atoms with Crippen molar-refractivity contribution in [3.05, 3.63) is 35.4 Å². The molecule has 5 nitrogen and oxygen atoms in total. The highest BCUT2D eigenvalue weighted by Gasteiger charge is 2.29. The molecule has 0 bridgehead atoms. The summed E-state index contributed by atoms with van der Waals surface area (Å²) in [6.45, 7) is 4.10. The van der Waals surface area contributed by atoms with Gasteiger partial charge in [0.05, 0.1) is 11.5 Å². The number of ether oxygens (including phenoxy) is 1. The Labute approximate surface area is 124 Å². The summed E-state index contributed by atoms with van der Waals surface area (Å²) >= 11 is 0. The number of aliphatic hydroxyl groups is 1. The fourth-order valence-electron chi connectivity index (χ4n) is 2.43. The van der Waals surface area contributed by atoms with Crippen LogP contribution in [-0.4, -0.2) is 41.5 Å². The van der Waals surface area contributed by atoms with Crippen molar-refractivity contribution in [2.75, 3.05) is 19.8 Å². The second-order valence-electron chi connectivity index (χ2n) is 5.74. The first kappa shape index (κ1) is 15.9. The maximum absolute atomic E-state index is 10.9. The molecule has 1 aliphatic heterocycles. The summed E-state index contributed by atoms with van der Waals surface area (Å²) in [5, 5.41) is 22.5. The molecule has 0 aliphatic carbocycles. The molecule has 116 valence electrons. The minimum Gasteiger partial charge on any atom is -0.481 e. The van der Waals surface area contributed by atoms with Crippen molar-refractivity contribution >= 4 is 5.97 Å². The van der Waals surface area contributed by atoms with E-state index in [1.807, 2.05) is 24.3 Å². The van der Waals surface area contributed by atoms with Gasteiger partial charge in [-0.25, -0.2) is 0 Å². The second-order valence-corrected chi connectivity index (χ2v) is 5.74. The third-order valence-corrected chi connectivity index (χ3v) is 4.06. The molecule has 0 radical (unpaired) electrons. The molecule has 5 heteroatoms. The van der Waals surface area contributed by atoms with E-state index in [1.54, 1.807) is 6.92 Å². The summed E-state index contributed by atoms with van der Waals surface area (Å²) in [4.78, 5) is 10.9. The average molecular weight is 293 g/mol. The van der Waals surface area contributed by atoms with E-state index in [0.717, 1.165) is 11.1 Å². The van der Waals surface area contributed by atoms with Crippen LogP contribution in [-0.2, 0) is 16.1 Å². The molecule has 0 aromatic heterocycles. The Morgan fingerprint density at radius 2 is 1.95 bits per heavy atom. The van der Waals surface area contributed by atoms with Crippen molar-refractivity contribution in [2.24, 2.45) is 0 Å². The molecule has 2 rings (SSSR count). The lowest BCUT2D eigenvalue weighted by Gasteiger charge is -2.32. The molecule has 1 saturated heterocycles. The number of carbonyl (C=O) groups is 1. The summed E-state index contributed by atoms with van der Waals surface area (Å²) in [5.74, 6) is -1.31. The number of rotatable bonds is 6. The van der Waals surface area contributed by atoms with Crippen molar-refractivity contribution in [3.63, 3.8) is 0 Å². The molecule has 1 heterocycles. The Balaban J connectivity index is 1.82. The molecular formula is C16H23NO4. The third kappa shape index (κ3) is 4.52. The van der Waals surface area contributed by atoms with Gasteiger partial charge >= 0.3 is 5.97 Å². The molecule has 0 saturated carbocycles. The van der Waals surface area contributed by atoms with Gasteiger partial charge in [-0.3, -0.25) is 4.79 Å². The van der Waals surface area contributed by atoms with Gasteiger partial charge in [0.1, 0.15) is 0 Å². The highest BCUT2D eigenvalue weighted by molar-refractivity contribution is 5.75. The molecule has 1 aromatic carbocycles. The van der Waals surface area contributed by atoms with Crippen LogP contribution in [0.5, 0.6) is 0 Å². The number of benzene rings is 1. The van der Waals surface area contributed by atoms with Crippen molar-refractivity contribution in [1.29, 1.82) is 0 Å². The molecule has 1 aromatic rings. The molecule has 1 fully saturated rings. The van der Waals surface area contributed by atoms with E-state index < -0.39 is 17.5 Å². The van der Waals surface area contributed by atoms with Gasteiger partial charge in [-0.2, -0.15) is 0 Å². The highest BCUT2D eigenvalue weighted by atomic mass is 16.5. The molecule has 3 N–H and O–H groups in total. The first-order chi connectivity index (χ1) is 10.0. The lowest BCUT2D eigenvalue weighted by Crippen LogP contribution is -2.44. The molecule has 0 amide bonds. The minimum atomic E-state index is -0.817. The van der Waals surface area contributed by atoms with E-state index in [0.29, 0.717) is 39.1 Å². The molecule has 1 atom stereocenters. The van der Waals surface area contributed by atoms with E-state index >= 15 is 0 Å². The van der Waals surface area contributed by atoms with E-state index in [-0.39, 0.29) is 0 Å². The largest absolute Gasteiger partial charge is 0.481 e. The molecule has 1 unspecified atom stereocenters. The monoisotopic (exact) mass is 293 g/mol. The number of aliphatic carboxylic acids is 1. The van der Waals surface area contributed by atoms with Crippen molar-refractivity contribution < 1.29 is 19.7 Å². The van der Waals surface area contributed by atoms with Gasteiger partial charge in [-0.15, -0.1) is 0 Å². The van der Waals surface area contributed by atoms with Gasteiger partial charge in [0.2, 0.25) is 0 Å². The number of carboxylic acid groups (broad SMARTS) is 1. The Bertz CT molecular complexity index is 466. The van der Waals surface area contributed by atoms with Crippen LogP contribution in [0.1, 0.15) is 36.8 Å². The smallest absolute Gasteiger partial charge is 0.310 e. The van der Waals surface area contributed by atoms with Crippen LogP contribution in [0.25, 0.3) is 0 Å². The molecule has 1 aliphatic rings. The van der Waals surface area contributed by atoms with Crippen LogP contribution < -0.4 is 5.32 Å². The minimum absolute atomic E-state index is 0.491. The number of hydrogen-bond donors (Lipinski definition) is 3. The predicted molar refractivity (Wildman–Crippen MR) is 79.2 cm³/mol. The van der Waals surface area contributed by atoms with Crippen LogP contribution >= 0.6 is 0 Å². The predicted octanol–water partition coefficient (Wildman–Crippen LogP) is 1.51. The summed E-state index contributed by atoms with van der Waals surface area (Å²) < 4.78 is 5.25. The van der Waals surface area contributed by atoms with Gasteiger partial charge < -0.3 is 20.3 Å². The topological polar surface area (TPSA) is 78.8 Å². The van der Waals surface area contributed by atoms with Gasteiger partial charge in [-0.1, -0.05) is 24.3 Å². The third-order valence-electron chi connectivity index (χ3n) is 4.06. The normalized spacial score (nSPS) is 19.1. The van der Waals surface area contributed by atoms with Crippen molar-refractivity contribution in [1.82, 2.24) is 5.32 Å². The van der Waals surface area contributed by atoms with Crippen LogP contribution in [0.4, 0.5) is 0 Å². The zero-order valence-electron chi connectivity index (χ0n) is 12.3. The summed E-state index contributed by atoms with van der Waals surface area (Å²) in [7, 11) is 0. The van der Waals surface area contributed by atoms with E-state index in [4.69, 9.17) is 9.84 Å². The summed E-state index contributed by atoms with van der Waals surface area (Å²) in [5.41, 5.74) is 1.21. The average Bonchev–Trinajstić information content (AvgIpc) is 2.48. The van der Waals surface area contributed by atoms with Crippen molar-refractivity contribution in [3.8, 4) is 0 Å². The van der Waals surface area contributed by atoms with Crippen molar-refractivity contribution in [2.45, 2.75) is 37.8 Å². The maximum Gasteiger partial charge on any atom is 0.310 e. The first-order valence-electron chi connectivity index (χ1n) is 7.33. The van der Waals surface area contributed by atoms with Gasteiger partial charge in [0.25, 0.3) is 0 Å².